The molecule has 0 saturated heterocycles. The molecule has 19 heavy (non-hydrogen) atoms. The van der Waals surface area contributed by atoms with Crippen molar-refractivity contribution in [2.45, 2.75) is 13.0 Å². The standard InChI is InChI=1S/C13H17ClN4O/c1-3-19-11-7-5-4-6-9(11)12(17-15)13-10(14)8-16-18(13)2/h4-8,12,17H,3,15H2,1-2H3. The molecule has 1 aromatic heterocycles. The highest BCUT2D eigenvalue weighted by atomic mass is 35.5. The number of para-hydroxylation sites is 1. The van der Waals surface area contributed by atoms with E-state index in [0.717, 1.165) is 17.0 Å². The minimum absolute atomic E-state index is 0.275. The van der Waals surface area contributed by atoms with Gasteiger partial charge in [-0.05, 0) is 13.0 Å². The Morgan fingerprint density at radius 3 is 2.79 bits per heavy atom. The Kier molecular flexibility index (Phi) is 4.42. The maximum absolute atomic E-state index is 6.18. The van der Waals surface area contributed by atoms with Crippen LogP contribution in [0.3, 0.4) is 0 Å². The van der Waals surface area contributed by atoms with Crippen LogP contribution in [0, 0.1) is 0 Å². The summed E-state index contributed by atoms with van der Waals surface area (Å²) in [7, 11) is 1.83. The Balaban J connectivity index is 2.48. The number of nitrogens with zero attached hydrogens (tertiary/aromatic N) is 2. The van der Waals surface area contributed by atoms with Gasteiger partial charge in [-0.1, -0.05) is 29.8 Å². The third kappa shape index (κ3) is 2.73. The van der Waals surface area contributed by atoms with E-state index >= 15 is 0 Å². The van der Waals surface area contributed by atoms with Crippen molar-refractivity contribution in [3.63, 3.8) is 0 Å². The number of aromatic nitrogens is 2. The van der Waals surface area contributed by atoms with Gasteiger partial charge in [0.05, 0.1) is 29.6 Å². The Morgan fingerprint density at radius 2 is 2.21 bits per heavy atom. The molecular formula is C13H17ClN4O. The van der Waals surface area contributed by atoms with Crippen LogP contribution in [-0.4, -0.2) is 16.4 Å². The van der Waals surface area contributed by atoms with Crippen molar-refractivity contribution in [3.05, 3.63) is 46.7 Å². The Bertz CT molecular complexity index is 536. The molecule has 2 aromatic rings. The number of hydrogen-bond donors (Lipinski definition) is 2. The van der Waals surface area contributed by atoms with Crippen LogP contribution in [0.25, 0.3) is 0 Å². The van der Waals surface area contributed by atoms with Crippen molar-refractivity contribution in [1.29, 1.82) is 0 Å². The lowest BCUT2D eigenvalue weighted by Gasteiger charge is -2.20. The van der Waals surface area contributed by atoms with Gasteiger partial charge in [0.25, 0.3) is 0 Å². The molecule has 0 spiro atoms. The third-order valence-electron chi connectivity index (χ3n) is 2.91. The molecule has 6 heteroatoms. The average Bonchev–Trinajstić information content (AvgIpc) is 2.74. The third-order valence-corrected chi connectivity index (χ3v) is 3.20. The van der Waals surface area contributed by atoms with E-state index < -0.39 is 0 Å². The molecule has 0 amide bonds. The Morgan fingerprint density at radius 1 is 1.47 bits per heavy atom. The number of nitrogens with one attached hydrogen (secondary N) is 1. The molecule has 0 aliphatic rings. The smallest absolute Gasteiger partial charge is 0.124 e. The summed E-state index contributed by atoms with van der Waals surface area (Å²) in [5.74, 6) is 6.48. The van der Waals surface area contributed by atoms with Gasteiger partial charge >= 0.3 is 0 Å². The number of nitrogens with two attached hydrogens (primary N) is 1. The molecule has 5 nitrogen and oxygen atoms in total. The van der Waals surface area contributed by atoms with Gasteiger partial charge in [-0.3, -0.25) is 10.5 Å². The highest BCUT2D eigenvalue weighted by molar-refractivity contribution is 6.31. The first-order valence-electron chi connectivity index (χ1n) is 6.04. The van der Waals surface area contributed by atoms with Crippen LogP contribution in [0.4, 0.5) is 0 Å². The number of aryl methyl sites for hydroxylation is 1. The zero-order valence-electron chi connectivity index (χ0n) is 10.9. The second-order valence-corrected chi connectivity index (χ2v) is 4.48. The predicted octanol–water partition coefficient (Wildman–Crippen LogP) is 2.02. The summed E-state index contributed by atoms with van der Waals surface area (Å²) in [5.41, 5.74) is 4.51. The summed E-state index contributed by atoms with van der Waals surface area (Å²) in [6.45, 7) is 2.53. The monoisotopic (exact) mass is 280 g/mol. The Hall–Kier alpha value is -1.56. The fourth-order valence-corrected chi connectivity index (χ4v) is 2.34. The predicted molar refractivity (Wildman–Crippen MR) is 75.0 cm³/mol. The van der Waals surface area contributed by atoms with Gasteiger partial charge in [0, 0.05) is 12.6 Å². The summed E-state index contributed by atoms with van der Waals surface area (Å²) in [6, 6.07) is 7.45. The summed E-state index contributed by atoms with van der Waals surface area (Å²) < 4.78 is 7.33. The maximum atomic E-state index is 6.18. The van der Waals surface area contributed by atoms with Gasteiger partial charge in [-0.15, -0.1) is 0 Å². The van der Waals surface area contributed by atoms with Crippen molar-refractivity contribution in [2.24, 2.45) is 12.9 Å². The van der Waals surface area contributed by atoms with E-state index in [1.807, 2.05) is 38.2 Å². The van der Waals surface area contributed by atoms with E-state index in [2.05, 4.69) is 10.5 Å². The lowest BCUT2D eigenvalue weighted by atomic mass is 10.0. The summed E-state index contributed by atoms with van der Waals surface area (Å²) in [5, 5.41) is 4.70. The van der Waals surface area contributed by atoms with Gasteiger partial charge in [0.2, 0.25) is 0 Å². The number of rotatable bonds is 5. The first-order valence-corrected chi connectivity index (χ1v) is 6.42. The molecule has 0 aliphatic heterocycles. The molecule has 0 saturated carbocycles. The van der Waals surface area contributed by atoms with E-state index in [1.54, 1.807) is 10.9 Å². The summed E-state index contributed by atoms with van der Waals surface area (Å²) in [4.78, 5) is 0. The fraction of sp³-hybridized carbons (Fsp3) is 0.308. The van der Waals surface area contributed by atoms with E-state index in [-0.39, 0.29) is 6.04 Å². The van der Waals surface area contributed by atoms with E-state index in [9.17, 15) is 0 Å². The van der Waals surface area contributed by atoms with Crippen LogP contribution >= 0.6 is 11.6 Å². The van der Waals surface area contributed by atoms with E-state index in [4.69, 9.17) is 22.2 Å². The number of halogens is 1. The topological polar surface area (TPSA) is 65.1 Å². The maximum Gasteiger partial charge on any atom is 0.124 e. The molecule has 1 unspecified atom stereocenters. The zero-order chi connectivity index (χ0) is 13.8. The fourth-order valence-electron chi connectivity index (χ4n) is 2.07. The van der Waals surface area contributed by atoms with Crippen LogP contribution in [0.15, 0.2) is 30.5 Å². The SMILES string of the molecule is CCOc1ccccc1C(NN)c1c(Cl)cnn1C. The molecule has 2 rings (SSSR count). The van der Waals surface area contributed by atoms with Gasteiger partial charge in [-0.2, -0.15) is 5.10 Å². The number of hydrazine groups is 1. The van der Waals surface area contributed by atoms with Gasteiger partial charge in [0.15, 0.2) is 0 Å². The molecule has 1 aromatic carbocycles. The van der Waals surface area contributed by atoms with Crippen molar-refractivity contribution in [3.8, 4) is 5.75 Å². The number of ether oxygens (including phenoxy) is 1. The molecule has 3 N–H and O–H groups in total. The van der Waals surface area contributed by atoms with Crippen LogP contribution in [0.1, 0.15) is 24.2 Å². The average molecular weight is 281 g/mol. The first kappa shape index (κ1) is 13.9. The lowest BCUT2D eigenvalue weighted by Crippen LogP contribution is -2.31. The van der Waals surface area contributed by atoms with E-state index in [1.165, 1.54) is 0 Å². The van der Waals surface area contributed by atoms with Crippen molar-refractivity contribution < 1.29 is 4.74 Å². The van der Waals surface area contributed by atoms with Crippen LogP contribution < -0.4 is 16.0 Å². The molecule has 0 radical (unpaired) electrons. The van der Waals surface area contributed by atoms with Crippen LogP contribution in [-0.2, 0) is 7.05 Å². The molecule has 102 valence electrons. The quantitative estimate of drug-likeness (QED) is 0.650. The first-order chi connectivity index (χ1) is 9.19. The van der Waals surface area contributed by atoms with Crippen molar-refractivity contribution in [2.75, 3.05) is 6.61 Å². The van der Waals surface area contributed by atoms with Crippen LogP contribution in [0.2, 0.25) is 5.02 Å². The minimum Gasteiger partial charge on any atom is -0.494 e. The zero-order valence-corrected chi connectivity index (χ0v) is 11.7. The van der Waals surface area contributed by atoms with Gasteiger partial charge < -0.3 is 4.74 Å². The number of hydrogen-bond acceptors (Lipinski definition) is 4. The van der Waals surface area contributed by atoms with Crippen molar-refractivity contribution >= 4 is 11.6 Å². The molecule has 1 heterocycles. The lowest BCUT2D eigenvalue weighted by molar-refractivity contribution is 0.333. The van der Waals surface area contributed by atoms with Crippen LogP contribution in [0.5, 0.6) is 5.75 Å². The molecular weight excluding hydrogens is 264 g/mol. The largest absolute Gasteiger partial charge is 0.494 e. The highest BCUT2D eigenvalue weighted by Gasteiger charge is 2.22. The molecule has 0 fully saturated rings. The Labute approximate surface area is 117 Å². The van der Waals surface area contributed by atoms with Gasteiger partial charge in [-0.25, -0.2) is 5.43 Å². The second kappa shape index (κ2) is 6.06. The van der Waals surface area contributed by atoms with E-state index in [0.29, 0.717) is 11.6 Å². The molecule has 0 aliphatic carbocycles. The minimum atomic E-state index is -0.275. The molecule has 1 atom stereocenters. The summed E-state index contributed by atoms with van der Waals surface area (Å²) in [6.07, 6.45) is 1.60. The van der Waals surface area contributed by atoms with Crippen molar-refractivity contribution in [1.82, 2.24) is 15.2 Å². The number of benzene rings is 1. The van der Waals surface area contributed by atoms with Gasteiger partial charge in [0.1, 0.15) is 5.75 Å². The second-order valence-electron chi connectivity index (χ2n) is 4.07. The molecule has 0 bridgehead atoms. The highest BCUT2D eigenvalue weighted by Crippen LogP contribution is 2.32. The normalized spacial score (nSPS) is 12.4. The summed E-state index contributed by atoms with van der Waals surface area (Å²) >= 11 is 6.18.